The fourth-order valence-corrected chi connectivity index (χ4v) is 2.19. The third kappa shape index (κ3) is 4.96. The quantitative estimate of drug-likeness (QED) is 0.763. The predicted molar refractivity (Wildman–Crippen MR) is 61.9 cm³/mol. The minimum absolute atomic E-state index is 0.198. The summed E-state index contributed by atoms with van der Waals surface area (Å²) in [6.07, 6.45) is 5.17. The number of rotatable bonds is 5. The molecular weight excluding hydrogens is 190 g/mol. The van der Waals surface area contributed by atoms with Crippen molar-refractivity contribution in [1.82, 2.24) is 0 Å². The lowest BCUT2D eigenvalue weighted by atomic mass is 10.0. The minimum Gasteiger partial charge on any atom is -0.376 e. The van der Waals surface area contributed by atoms with Crippen molar-refractivity contribution in [3.63, 3.8) is 0 Å². The van der Waals surface area contributed by atoms with Crippen molar-refractivity contribution in [2.24, 2.45) is 5.73 Å². The summed E-state index contributed by atoms with van der Waals surface area (Å²) < 4.78 is 11.5. The highest BCUT2D eigenvalue weighted by Gasteiger charge is 2.25. The minimum atomic E-state index is 0.198. The predicted octanol–water partition coefficient (Wildman–Crippen LogP) is 2.09. The third-order valence-corrected chi connectivity index (χ3v) is 2.86. The van der Waals surface area contributed by atoms with E-state index < -0.39 is 0 Å². The monoisotopic (exact) mass is 215 g/mol. The molecule has 1 saturated heterocycles. The van der Waals surface area contributed by atoms with Gasteiger partial charge < -0.3 is 15.2 Å². The molecule has 0 spiro atoms. The fraction of sp³-hybridized carbons (Fsp3) is 1.00. The summed E-state index contributed by atoms with van der Waals surface area (Å²) in [5, 5.41) is 0. The summed E-state index contributed by atoms with van der Waals surface area (Å²) in [6, 6.07) is 0.198. The van der Waals surface area contributed by atoms with E-state index in [1.165, 1.54) is 0 Å². The first-order valence-electron chi connectivity index (χ1n) is 6.14. The molecule has 3 unspecified atom stereocenters. The molecule has 0 aromatic carbocycles. The molecule has 1 fully saturated rings. The lowest BCUT2D eigenvalue weighted by molar-refractivity contribution is -0.103. The summed E-state index contributed by atoms with van der Waals surface area (Å²) >= 11 is 0. The maximum absolute atomic E-state index is 5.91. The molecule has 0 radical (unpaired) electrons. The van der Waals surface area contributed by atoms with E-state index >= 15 is 0 Å². The molecule has 0 bridgehead atoms. The number of hydrogen-bond donors (Lipinski definition) is 1. The van der Waals surface area contributed by atoms with E-state index in [1.54, 1.807) is 0 Å². The molecule has 0 aromatic heterocycles. The van der Waals surface area contributed by atoms with Gasteiger partial charge in [-0.2, -0.15) is 0 Å². The smallest absolute Gasteiger partial charge is 0.0625 e. The third-order valence-electron chi connectivity index (χ3n) is 2.86. The molecule has 3 heteroatoms. The average molecular weight is 215 g/mol. The van der Waals surface area contributed by atoms with Gasteiger partial charge in [0, 0.05) is 6.04 Å². The van der Waals surface area contributed by atoms with Crippen LogP contribution in [0.4, 0.5) is 0 Å². The van der Waals surface area contributed by atoms with Crippen LogP contribution in [0.3, 0.4) is 0 Å². The zero-order chi connectivity index (χ0) is 11.3. The van der Waals surface area contributed by atoms with Gasteiger partial charge in [0.15, 0.2) is 0 Å². The van der Waals surface area contributed by atoms with Crippen molar-refractivity contribution in [1.29, 1.82) is 0 Å². The van der Waals surface area contributed by atoms with Crippen LogP contribution >= 0.6 is 0 Å². The summed E-state index contributed by atoms with van der Waals surface area (Å²) in [6.45, 7) is 7.06. The van der Waals surface area contributed by atoms with Crippen LogP contribution in [0.1, 0.15) is 46.5 Å². The summed E-state index contributed by atoms with van der Waals surface area (Å²) in [7, 11) is 0. The highest BCUT2D eigenvalue weighted by molar-refractivity contribution is 4.74. The summed E-state index contributed by atoms with van der Waals surface area (Å²) in [5.74, 6) is 0. The van der Waals surface area contributed by atoms with E-state index in [1.807, 2.05) is 0 Å². The molecule has 1 rings (SSSR count). The highest BCUT2D eigenvalue weighted by Crippen LogP contribution is 2.21. The van der Waals surface area contributed by atoms with E-state index in [2.05, 4.69) is 20.8 Å². The van der Waals surface area contributed by atoms with Crippen molar-refractivity contribution in [3.05, 3.63) is 0 Å². The molecule has 1 aliphatic heterocycles. The van der Waals surface area contributed by atoms with E-state index in [0.717, 1.165) is 25.7 Å². The molecule has 15 heavy (non-hydrogen) atoms. The van der Waals surface area contributed by atoms with Crippen LogP contribution in [-0.4, -0.2) is 31.0 Å². The van der Waals surface area contributed by atoms with Gasteiger partial charge in [-0.15, -0.1) is 0 Å². The standard InChI is InChI=1S/C12H25NO2/c1-4-5-11(13)8-14-12-6-9(2)15-10(3)7-12/h9-12H,4-8,13H2,1-3H3. The van der Waals surface area contributed by atoms with E-state index in [4.69, 9.17) is 15.2 Å². The van der Waals surface area contributed by atoms with Crippen LogP contribution in [-0.2, 0) is 9.47 Å². The second-order valence-corrected chi connectivity index (χ2v) is 4.73. The second-order valence-electron chi connectivity index (χ2n) is 4.73. The van der Waals surface area contributed by atoms with Gasteiger partial charge in [-0.25, -0.2) is 0 Å². The van der Waals surface area contributed by atoms with Crippen molar-refractivity contribution >= 4 is 0 Å². The molecule has 0 saturated carbocycles. The van der Waals surface area contributed by atoms with Crippen LogP contribution in [0.2, 0.25) is 0 Å². The van der Waals surface area contributed by atoms with Gasteiger partial charge in [0.1, 0.15) is 0 Å². The van der Waals surface area contributed by atoms with E-state index in [9.17, 15) is 0 Å². The van der Waals surface area contributed by atoms with Crippen LogP contribution in [0, 0.1) is 0 Å². The van der Waals surface area contributed by atoms with Crippen LogP contribution < -0.4 is 5.73 Å². The lowest BCUT2D eigenvalue weighted by Crippen LogP contribution is -2.37. The Labute approximate surface area is 93.3 Å². The molecule has 1 aliphatic rings. The first-order valence-corrected chi connectivity index (χ1v) is 6.14. The maximum Gasteiger partial charge on any atom is 0.0625 e. The molecule has 90 valence electrons. The van der Waals surface area contributed by atoms with Gasteiger partial charge in [0.25, 0.3) is 0 Å². The SMILES string of the molecule is CCCC(N)COC1CC(C)OC(C)C1. The van der Waals surface area contributed by atoms with Gasteiger partial charge in [0.2, 0.25) is 0 Å². The Morgan fingerprint density at radius 2 is 1.93 bits per heavy atom. The van der Waals surface area contributed by atoms with Crippen molar-refractivity contribution < 1.29 is 9.47 Å². The van der Waals surface area contributed by atoms with Crippen molar-refractivity contribution in [2.75, 3.05) is 6.61 Å². The Hall–Kier alpha value is -0.120. The first kappa shape index (κ1) is 12.9. The highest BCUT2D eigenvalue weighted by atomic mass is 16.5. The number of hydrogen-bond acceptors (Lipinski definition) is 3. The normalized spacial score (nSPS) is 34.0. The Morgan fingerprint density at radius 3 is 2.47 bits per heavy atom. The Bertz CT molecular complexity index is 165. The van der Waals surface area contributed by atoms with Gasteiger partial charge in [-0.05, 0) is 33.1 Å². The molecule has 0 amide bonds. The van der Waals surface area contributed by atoms with Gasteiger partial charge >= 0.3 is 0 Å². The zero-order valence-electron chi connectivity index (χ0n) is 10.2. The van der Waals surface area contributed by atoms with Crippen LogP contribution in [0.5, 0.6) is 0 Å². The van der Waals surface area contributed by atoms with Gasteiger partial charge in [-0.3, -0.25) is 0 Å². The van der Waals surface area contributed by atoms with Gasteiger partial charge in [0.05, 0.1) is 24.9 Å². The number of nitrogens with two attached hydrogens (primary N) is 1. The second kappa shape index (κ2) is 6.46. The average Bonchev–Trinajstić information content (AvgIpc) is 2.14. The lowest BCUT2D eigenvalue weighted by Gasteiger charge is -2.32. The Balaban J connectivity index is 2.20. The number of ether oxygens (including phenoxy) is 2. The molecule has 3 atom stereocenters. The molecule has 0 aromatic rings. The van der Waals surface area contributed by atoms with E-state index in [-0.39, 0.29) is 6.04 Å². The molecule has 0 aliphatic carbocycles. The largest absolute Gasteiger partial charge is 0.376 e. The zero-order valence-corrected chi connectivity index (χ0v) is 10.2. The Morgan fingerprint density at radius 1 is 1.33 bits per heavy atom. The topological polar surface area (TPSA) is 44.5 Å². The maximum atomic E-state index is 5.91. The van der Waals surface area contributed by atoms with Crippen molar-refractivity contribution in [3.8, 4) is 0 Å². The van der Waals surface area contributed by atoms with Gasteiger partial charge in [-0.1, -0.05) is 13.3 Å². The first-order chi connectivity index (χ1) is 7.11. The van der Waals surface area contributed by atoms with Crippen LogP contribution in [0.15, 0.2) is 0 Å². The van der Waals surface area contributed by atoms with Crippen molar-refractivity contribution in [2.45, 2.75) is 70.8 Å². The summed E-state index contributed by atoms with van der Waals surface area (Å²) in [5.41, 5.74) is 5.91. The van der Waals surface area contributed by atoms with E-state index in [0.29, 0.717) is 24.9 Å². The molecule has 2 N–H and O–H groups in total. The molecule has 3 nitrogen and oxygen atoms in total. The fourth-order valence-electron chi connectivity index (χ4n) is 2.19. The summed E-state index contributed by atoms with van der Waals surface area (Å²) in [4.78, 5) is 0. The Kier molecular flexibility index (Phi) is 5.58. The molecular formula is C12H25NO2. The molecule has 1 heterocycles. The van der Waals surface area contributed by atoms with Crippen LogP contribution in [0.25, 0.3) is 0 Å².